The summed E-state index contributed by atoms with van der Waals surface area (Å²) in [6.45, 7) is 16.5. The number of ether oxygens (including phenoxy) is 1. The number of halogens is 3. The van der Waals surface area contributed by atoms with E-state index in [-0.39, 0.29) is 42.2 Å². The quantitative estimate of drug-likeness (QED) is 0.240. The number of likely N-dealkylation sites (N-methyl/N-ethyl adjacent to an activating group) is 2. The average molecular weight is 895 g/mol. The van der Waals surface area contributed by atoms with Crippen LogP contribution in [0.1, 0.15) is 106 Å². The van der Waals surface area contributed by atoms with Gasteiger partial charge in [-0.05, 0) is 69.1 Å². The van der Waals surface area contributed by atoms with Gasteiger partial charge in [0.1, 0.15) is 24.2 Å². The Balaban J connectivity index is 2.66. The molecule has 1 aliphatic rings. The summed E-state index contributed by atoms with van der Waals surface area (Å²) < 4.78 is 45.8. The first-order valence-corrected chi connectivity index (χ1v) is 21.7. The van der Waals surface area contributed by atoms with Gasteiger partial charge in [-0.25, -0.2) is 4.79 Å². The first-order chi connectivity index (χ1) is 29.2. The number of carbonyl (C=O) groups excluding carboxylic acids is 7. The van der Waals surface area contributed by atoms with Gasteiger partial charge in [0.25, 0.3) is 5.91 Å². The molecular weight excluding hydrogens is 826 g/mol. The van der Waals surface area contributed by atoms with Crippen LogP contribution in [0.4, 0.5) is 13.2 Å². The first kappa shape index (κ1) is 54.1. The summed E-state index contributed by atoms with van der Waals surface area (Å²) in [6, 6.07) is -1.43. The molecule has 18 heteroatoms. The lowest BCUT2D eigenvalue weighted by atomic mass is 9.84. The predicted molar refractivity (Wildman–Crippen MR) is 230 cm³/mol. The lowest BCUT2D eigenvalue weighted by Gasteiger charge is -2.34. The molecule has 0 aromatic heterocycles. The number of nitrogens with zero attached hydrogens (tertiary/aromatic N) is 2. The number of aliphatic hydroxyl groups excluding tert-OH is 1. The average Bonchev–Trinajstić information content (AvgIpc) is 3.22. The molecule has 5 N–H and O–H groups in total. The van der Waals surface area contributed by atoms with Crippen molar-refractivity contribution in [1.82, 2.24) is 31.1 Å². The van der Waals surface area contributed by atoms with Gasteiger partial charge in [-0.3, -0.25) is 28.8 Å². The molecule has 1 aliphatic heterocycles. The van der Waals surface area contributed by atoms with Crippen LogP contribution in [-0.4, -0.2) is 119 Å². The maximum atomic E-state index is 14.2. The van der Waals surface area contributed by atoms with Crippen molar-refractivity contribution in [2.45, 2.75) is 150 Å². The van der Waals surface area contributed by atoms with Gasteiger partial charge in [0.15, 0.2) is 6.10 Å². The van der Waals surface area contributed by atoms with Crippen molar-refractivity contribution in [3.8, 4) is 0 Å². The number of rotatable bonds is 8. The lowest BCUT2D eigenvalue weighted by Crippen LogP contribution is -2.58. The van der Waals surface area contributed by atoms with E-state index in [1.807, 2.05) is 13.8 Å². The zero-order valence-corrected chi connectivity index (χ0v) is 38.7. The Bertz CT molecular complexity index is 1790. The van der Waals surface area contributed by atoms with Crippen molar-refractivity contribution >= 4 is 41.4 Å². The van der Waals surface area contributed by atoms with Gasteiger partial charge in [-0.2, -0.15) is 13.2 Å². The number of alkyl halides is 3. The van der Waals surface area contributed by atoms with Crippen molar-refractivity contribution in [2.24, 2.45) is 23.7 Å². The Morgan fingerprint density at radius 1 is 0.794 bits per heavy atom. The van der Waals surface area contributed by atoms with Crippen LogP contribution in [0.2, 0.25) is 0 Å². The molecule has 0 saturated heterocycles. The second-order valence-electron chi connectivity index (χ2n) is 17.4. The summed E-state index contributed by atoms with van der Waals surface area (Å²) >= 11 is 0. The van der Waals surface area contributed by atoms with Crippen LogP contribution in [0.5, 0.6) is 0 Å². The van der Waals surface area contributed by atoms with Crippen LogP contribution >= 0.6 is 0 Å². The number of amides is 6. The molecule has 2 unspecified atom stereocenters. The van der Waals surface area contributed by atoms with Gasteiger partial charge in [-0.1, -0.05) is 79.5 Å². The van der Waals surface area contributed by atoms with Crippen LogP contribution in [0.15, 0.2) is 35.9 Å². The fraction of sp³-hybridized carbons (Fsp3) is 0.667. The van der Waals surface area contributed by atoms with Gasteiger partial charge in [0.05, 0.1) is 18.2 Å². The minimum absolute atomic E-state index is 0.00601. The second kappa shape index (κ2) is 24.2. The third kappa shape index (κ3) is 15.9. The number of esters is 1. The van der Waals surface area contributed by atoms with E-state index in [4.69, 9.17) is 4.74 Å². The fourth-order valence-corrected chi connectivity index (χ4v) is 7.14. The van der Waals surface area contributed by atoms with Gasteiger partial charge < -0.3 is 40.9 Å². The van der Waals surface area contributed by atoms with Gasteiger partial charge in [0.2, 0.25) is 29.5 Å². The summed E-state index contributed by atoms with van der Waals surface area (Å²) in [5.41, 5.74) is -0.566. The Morgan fingerprint density at radius 3 is 1.90 bits per heavy atom. The van der Waals surface area contributed by atoms with Crippen LogP contribution in [-0.2, 0) is 50.9 Å². The third-order valence-corrected chi connectivity index (χ3v) is 11.8. The van der Waals surface area contributed by atoms with Crippen LogP contribution in [0, 0.1) is 23.7 Å². The SMILES string of the molecule is CCC(C)C1NC(=O)CN(C)C(=O)[C@@H](Cc2ccc(C(F)(F)F)cc2)N(C)C(=O)[C@H](C)NC(=O)[C@@H](CC(C)C)OC(=O)/C(C)=C/C[C@H](O)[C@H](C)[C@@H]([C@@H](C)CC)NC(=O)[C@@H](C)NC1=O. The normalized spacial score (nSPS) is 28.3. The molecular formula is C45H69F3N6O9. The molecule has 15 nitrogen and oxygen atoms in total. The molecule has 0 spiro atoms. The molecule has 10 atom stereocenters. The number of carbonyl (C=O) groups is 7. The molecule has 0 aliphatic carbocycles. The molecule has 0 radical (unpaired) electrons. The van der Waals surface area contributed by atoms with Crippen molar-refractivity contribution in [3.05, 3.63) is 47.0 Å². The monoisotopic (exact) mass is 895 g/mol. The van der Waals surface area contributed by atoms with Crippen molar-refractivity contribution in [1.29, 1.82) is 0 Å². The number of nitrogens with one attached hydrogen (secondary N) is 4. The molecule has 354 valence electrons. The van der Waals surface area contributed by atoms with Crippen LogP contribution in [0.3, 0.4) is 0 Å². The van der Waals surface area contributed by atoms with Crippen LogP contribution in [0.25, 0.3) is 0 Å². The first-order valence-electron chi connectivity index (χ1n) is 21.7. The highest BCUT2D eigenvalue weighted by atomic mass is 19.4. The molecule has 0 bridgehead atoms. The van der Waals surface area contributed by atoms with Gasteiger partial charge in [0, 0.05) is 38.0 Å². The predicted octanol–water partition coefficient (Wildman–Crippen LogP) is 3.91. The third-order valence-electron chi connectivity index (χ3n) is 11.8. The lowest BCUT2D eigenvalue weighted by molar-refractivity contribution is -0.154. The van der Waals surface area contributed by atoms with E-state index in [0.29, 0.717) is 12.8 Å². The summed E-state index contributed by atoms with van der Waals surface area (Å²) in [6.07, 6.45) is -4.65. The Morgan fingerprint density at radius 2 is 1.37 bits per heavy atom. The molecule has 1 aromatic carbocycles. The Hall–Kier alpha value is -5.00. The maximum Gasteiger partial charge on any atom is 0.416 e. The van der Waals surface area contributed by atoms with E-state index in [2.05, 4.69) is 21.3 Å². The molecule has 1 aromatic rings. The summed E-state index contributed by atoms with van der Waals surface area (Å²) in [4.78, 5) is 98.1. The number of hydrogen-bond donors (Lipinski definition) is 5. The number of cyclic esters (lactones) is 1. The number of aliphatic hydroxyl groups is 1. The molecule has 1 heterocycles. The van der Waals surface area contributed by atoms with Crippen molar-refractivity contribution in [3.63, 3.8) is 0 Å². The molecule has 6 amide bonds. The number of benzene rings is 1. The van der Waals surface area contributed by atoms with E-state index in [1.54, 1.807) is 34.6 Å². The zero-order valence-electron chi connectivity index (χ0n) is 38.7. The number of hydrogen-bond acceptors (Lipinski definition) is 9. The van der Waals surface area contributed by atoms with E-state index in [9.17, 15) is 51.8 Å². The standard InChI is InChI=1S/C45H69F3N6O9/c1-13-25(5)37-28(8)34(55)20-15-27(7)44(62)63-35(21-24(3)4)40(58)50-30(10)42(60)54(12)33(22-31-16-18-32(19-17-31)45(46,47)48)43(61)53(11)23-36(56)51-38(26(6)14-2)41(59)49-29(9)39(57)52-37/h15-19,24-26,28-30,33-35,37-38,55H,13-14,20-23H2,1-12H3,(H,49,59)(H,50,58)(H,51,56)(H,52,57)/b27-15+/t25-,26?,28-,29+,30-,33+,34-,35+,37+,38?/m0/s1. The topological polar surface area (TPSA) is 204 Å². The minimum atomic E-state index is -4.63. The fourth-order valence-electron chi connectivity index (χ4n) is 7.14. The second-order valence-corrected chi connectivity index (χ2v) is 17.4. The summed E-state index contributed by atoms with van der Waals surface area (Å²) in [5.74, 6) is -6.34. The molecule has 2 rings (SSSR count). The Labute approximate surface area is 369 Å². The van der Waals surface area contributed by atoms with Crippen molar-refractivity contribution in [2.75, 3.05) is 20.6 Å². The van der Waals surface area contributed by atoms with Crippen molar-refractivity contribution < 1.29 is 56.6 Å². The zero-order chi connectivity index (χ0) is 48.1. The highest BCUT2D eigenvalue weighted by molar-refractivity contribution is 5.96. The highest BCUT2D eigenvalue weighted by Crippen LogP contribution is 2.29. The van der Waals surface area contributed by atoms with Gasteiger partial charge in [-0.15, -0.1) is 0 Å². The van der Waals surface area contributed by atoms with E-state index >= 15 is 0 Å². The van der Waals surface area contributed by atoms with E-state index in [1.165, 1.54) is 53.1 Å². The smallest absolute Gasteiger partial charge is 0.416 e. The molecule has 63 heavy (non-hydrogen) atoms. The van der Waals surface area contributed by atoms with Crippen LogP contribution < -0.4 is 21.3 Å². The summed E-state index contributed by atoms with van der Waals surface area (Å²) in [5, 5.41) is 22.2. The maximum absolute atomic E-state index is 14.2. The van der Waals surface area contributed by atoms with E-state index < -0.39 is 114 Å². The summed E-state index contributed by atoms with van der Waals surface area (Å²) in [7, 11) is 2.57. The van der Waals surface area contributed by atoms with E-state index in [0.717, 1.165) is 21.9 Å². The minimum Gasteiger partial charge on any atom is -0.449 e. The largest absolute Gasteiger partial charge is 0.449 e. The van der Waals surface area contributed by atoms with Gasteiger partial charge >= 0.3 is 12.1 Å². The highest BCUT2D eigenvalue weighted by Gasteiger charge is 2.37. The molecule has 0 fully saturated rings. The Kier molecular flexibility index (Phi) is 20.8. The molecule has 0 saturated carbocycles.